The second kappa shape index (κ2) is 3.61. The van der Waals surface area contributed by atoms with Crippen molar-refractivity contribution in [2.45, 2.75) is 6.92 Å². The molecular formula is C10H6ClN5O2. The Morgan fingerprint density at radius 2 is 2.17 bits per heavy atom. The van der Waals surface area contributed by atoms with Crippen molar-refractivity contribution in [3.8, 4) is 0 Å². The van der Waals surface area contributed by atoms with Crippen molar-refractivity contribution in [3.63, 3.8) is 0 Å². The average Bonchev–Trinajstić information content (AvgIpc) is 2.61. The molecule has 0 aliphatic carbocycles. The highest BCUT2D eigenvalue weighted by Crippen LogP contribution is 2.31. The van der Waals surface area contributed by atoms with Crippen LogP contribution in [0.4, 0.5) is 5.69 Å². The predicted octanol–water partition coefficient (Wildman–Crippen LogP) is 2.15. The Bertz CT molecular complexity index is 798. The molecule has 3 aromatic rings. The van der Waals surface area contributed by atoms with Crippen molar-refractivity contribution in [1.29, 1.82) is 0 Å². The van der Waals surface area contributed by atoms with Gasteiger partial charge in [0, 0.05) is 0 Å². The molecule has 0 bridgehead atoms. The topological polar surface area (TPSA) is 86.2 Å². The van der Waals surface area contributed by atoms with Gasteiger partial charge in [0.2, 0.25) is 0 Å². The minimum atomic E-state index is -0.450. The van der Waals surface area contributed by atoms with Gasteiger partial charge in [-0.15, -0.1) is 5.10 Å². The Morgan fingerprint density at radius 1 is 1.39 bits per heavy atom. The molecule has 0 radical (unpaired) electrons. The first kappa shape index (κ1) is 10.8. The van der Waals surface area contributed by atoms with Crippen molar-refractivity contribution in [2.75, 3.05) is 0 Å². The van der Waals surface area contributed by atoms with Crippen LogP contribution in [0.15, 0.2) is 18.2 Å². The maximum atomic E-state index is 11.2. The lowest BCUT2D eigenvalue weighted by Crippen LogP contribution is -1.94. The van der Waals surface area contributed by atoms with Crippen LogP contribution in [0, 0.1) is 17.0 Å². The number of nitrogens with zero attached hydrogens (tertiary/aromatic N) is 5. The third-order valence-corrected chi connectivity index (χ3v) is 2.78. The van der Waals surface area contributed by atoms with Gasteiger partial charge in [-0.05, 0) is 25.1 Å². The number of rotatable bonds is 1. The molecule has 90 valence electrons. The summed E-state index contributed by atoms with van der Waals surface area (Å²) in [5.41, 5.74) is 1.24. The zero-order valence-corrected chi connectivity index (χ0v) is 9.92. The van der Waals surface area contributed by atoms with Crippen molar-refractivity contribution >= 4 is 33.8 Å². The molecule has 3 rings (SSSR count). The van der Waals surface area contributed by atoms with E-state index < -0.39 is 4.92 Å². The molecule has 3 heterocycles. The summed E-state index contributed by atoms with van der Waals surface area (Å²) in [7, 11) is 0. The van der Waals surface area contributed by atoms with Gasteiger partial charge in [0.1, 0.15) is 16.1 Å². The van der Waals surface area contributed by atoms with E-state index >= 15 is 0 Å². The van der Waals surface area contributed by atoms with E-state index in [0.717, 1.165) is 0 Å². The van der Waals surface area contributed by atoms with Crippen molar-refractivity contribution in [3.05, 3.63) is 39.2 Å². The second-order valence-electron chi connectivity index (χ2n) is 3.78. The fourth-order valence-corrected chi connectivity index (χ4v) is 2.02. The van der Waals surface area contributed by atoms with Gasteiger partial charge in [-0.2, -0.15) is 10.2 Å². The van der Waals surface area contributed by atoms with E-state index in [9.17, 15) is 10.1 Å². The van der Waals surface area contributed by atoms with Crippen LogP contribution in [-0.2, 0) is 0 Å². The summed E-state index contributed by atoms with van der Waals surface area (Å²) in [5, 5.41) is 23.6. The maximum Gasteiger partial charge on any atom is 0.306 e. The lowest BCUT2D eigenvalue weighted by Gasteiger charge is -1.94. The lowest BCUT2D eigenvalue weighted by molar-refractivity contribution is -0.381. The van der Waals surface area contributed by atoms with Crippen LogP contribution in [0.5, 0.6) is 0 Å². The monoisotopic (exact) mass is 263 g/mol. The van der Waals surface area contributed by atoms with Crippen LogP contribution in [0.3, 0.4) is 0 Å². The third kappa shape index (κ3) is 1.41. The van der Waals surface area contributed by atoms with E-state index in [0.29, 0.717) is 22.2 Å². The van der Waals surface area contributed by atoms with E-state index in [-0.39, 0.29) is 10.8 Å². The number of nitro groups is 1. The van der Waals surface area contributed by atoms with E-state index in [1.54, 1.807) is 19.1 Å². The van der Waals surface area contributed by atoms with Crippen LogP contribution >= 0.6 is 11.6 Å². The first-order chi connectivity index (χ1) is 8.58. The Morgan fingerprint density at radius 3 is 2.89 bits per heavy atom. The standard InChI is InChI=1S/C10H6ClN5O2/c1-5-4-6-9(16(17)18)7-2-3-8(11)14-15(7)10(6)13-12-5/h2-4H,1H3. The van der Waals surface area contributed by atoms with E-state index in [2.05, 4.69) is 15.3 Å². The summed E-state index contributed by atoms with van der Waals surface area (Å²) in [6, 6.07) is 4.66. The molecule has 0 N–H and O–H groups in total. The number of hydrogen-bond donors (Lipinski definition) is 0. The number of aryl methyl sites for hydroxylation is 1. The largest absolute Gasteiger partial charge is 0.306 e. The third-order valence-electron chi connectivity index (χ3n) is 2.58. The number of fused-ring (bicyclic) bond motifs is 3. The maximum absolute atomic E-state index is 11.2. The van der Waals surface area contributed by atoms with Crippen LogP contribution in [0.25, 0.3) is 16.6 Å². The van der Waals surface area contributed by atoms with Crippen molar-refractivity contribution < 1.29 is 4.92 Å². The lowest BCUT2D eigenvalue weighted by atomic mass is 10.2. The summed E-state index contributed by atoms with van der Waals surface area (Å²) in [6.45, 7) is 1.72. The van der Waals surface area contributed by atoms with Gasteiger partial charge in [-0.1, -0.05) is 11.6 Å². The summed E-state index contributed by atoms with van der Waals surface area (Å²) >= 11 is 5.79. The average molecular weight is 264 g/mol. The van der Waals surface area contributed by atoms with Crippen LogP contribution < -0.4 is 0 Å². The minimum Gasteiger partial charge on any atom is -0.258 e. The fourth-order valence-electron chi connectivity index (χ4n) is 1.88. The fraction of sp³-hybridized carbons (Fsp3) is 0.100. The minimum absolute atomic E-state index is 0.0350. The molecule has 0 spiro atoms. The first-order valence-electron chi connectivity index (χ1n) is 5.03. The highest BCUT2D eigenvalue weighted by molar-refractivity contribution is 6.29. The Hall–Kier alpha value is -2.28. The second-order valence-corrected chi connectivity index (χ2v) is 4.17. The zero-order valence-electron chi connectivity index (χ0n) is 9.16. The Labute approximate surface area is 105 Å². The molecule has 0 unspecified atom stereocenters. The molecule has 0 atom stereocenters. The SMILES string of the molecule is Cc1cc2c([N+](=O)[O-])c3ccc(Cl)nn3c2nn1. The van der Waals surface area contributed by atoms with Gasteiger partial charge < -0.3 is 0 Å². The summed E-state index contributed by atoms with van der Waals surface area (Å²) in [6.07, 6.45) is 0. The van der Waals surface area contributed by atoms with Crippen LogP contribution in [0.2, 0.25) is 5.15 Å². The Kier molecular flexibility index (Phi) is 2.17. The summed E-state index contributed by atoms with van der Waals surface area (Å²) < 4.78 is 1.34. The van der Waals surface area contributed by atoms with Gasteiger partial charge >= 0.3 is 5.69 Å². The molecular weight excluding hydrogens is 258 g/mol. The van der Waals surface area contributed by atoms with Gasteiger partial charge in [-0.3, -0.25) is 10.1 Å². The van der Waals surface area contributed by atoms with Gasteiger partial charge in [0.05, 0.1) is 10.6 Å². The smallest absolute Gasteiger partial charge is 0.258 e. The zero-order chi connectivity index (χ0) is 12.9. The molecule has 0 saturated carbocycles. The molecule has 3 aromatic heterocycles. The number of hydrogen-bond acceptors (Lipinski definition) is 5. The molecule has 0 fully saturated rings. The molecule has 8 heteroatoms. The van der Waals surface area contributed by atoms with Crippen LogP contribution in [-0.4, -0.2) is 24.7 Å². The highest BCUT2D eigenvalue weighted by atomic mass is 35.5. The van der Waals surface area contributed by atoms with E-state index in [4.69, 9.17) is 11.6 Å². The van der Waals surface area contributed by atoms with Gasteiger partial charge in [-0.25, -0.2) is 4.52 Å². The number of halogens is 1. The molecule has 18 heavy (non-hydrogen) atoms. The molecule has 0 amide bonds. The molecule has 0 aliphatic rings. The summed E-state index contributed by atoms with van der Waals surface area (Å²) in [4.78, 5) is 10.7. The van der Waals surface area contributed by atoms with E-state index in [1.807, 2.05) is 0 Å². The van der Waals surface area contributed by atoms with Crippen LogP contribution in [0.1, 0.15) is 5.69 Å². The first-order valence-corrected chi connectivity index (χ1v) is 5.41. The summed E-state index contributed by atoms with van der Waals surface area (Å²) in [5.74, 6) is 0. The normalized spacial score (nSPS) is 11.2. The predicted molar refractivity (Wildman–Crippen MR) is 64.7 cm³/mol. The quantitative estimate of drug-likeness (QED) is 0.496. The Balaban J connectivity index is 2.60. The highest BCUT2D eigenvalue weighted by Gasteiger charge is 2.23. The van der Waals surface area contributed by atoms with Crippen molar-refractivity contribution in [2.24, 2.45) is 0 Å². The number of aromatic nitrogens is 4. The molecule has 7 nitrogen and oxygen atoms in total. The van der Waals surface area contributed by atoms with Gasteiger partial charge in [0.25, 0.3) is 0 Å². The molecule has 0 saturated heterocycles. The van der Waals surface area contributed by atoms with Crippen molar-refractivity contribution in [1.82, 2.24) is 19.8 Å². The van der Waals surface area contributed by atoms with Gasteiger partial charge in [0.15, 0.2) is 5.65 Å². The molecule has 0 aromatic carbocycles. The van der Waals surface area contributed by atoms with E-state index in [1.165, 1.54) is 10.6 Å². The molecule has 0 aliphatic heterocycles.